The van der Waals surface area contributed by atoms with E-state index in [-0.39, 0.29) is 17.7 Å². The van der Waals surface area contributed by atoms with Crippen molar-refractivity contribution in [3.8, 4) is 0 Å². The number of morpholine rings is 1. The molecule has 148 valence electrons. The minimum Gasteiger partial charge on any atom is -0.370 e. The summed E-state index contributed by atoms with van der Waals surface area (Å²) in [5.41, 5.74) is 4.41. The molecule has 6 nitrogen and oxygen atoms in total. The topological polar surface area (TPSA) is 59.7 Å². The lowest BCUT2D eigenvalue weighted by molar-refractivity contribution is 0.0211. The molecule has 7 heteroatoms. The van der Waals surface area contributed by atoms with E-state index in [1.807, 2.05) is 0 Å². The first-order chi connectivity index (χ1) is 13.5. The van der Waals surface area contributed by atoms with Crippen molar-refractivity contribution in [3.63, 3.8) is 0 Å². The molecule has 0 aliphatic carbocycles. The van der Waals surface area contributed by atoms with E-state index in [1.165, 1.54) is 32.5 Å². The molecule has 0 radical (unpaired) electrons. The largest absolute Gasteiger partial charge is 0.370 e. The van der Waals surface area contributed by atoms with Crippen LogP contribution in [0.5, 0.6) is 0 Å². The molecular weight excluding hydrogens is 372 g/mol. The molecule has 2 unspecified atom stereocenters. The zero-order valence-corrected chi connectivity index (χ0v) is 17.6. The van der Waals surface area contributed by atoms with Crippen molar-refractivity contribution in [2.24, 2.45) is 0 Å². The highest BCUT2D eigenvalue weighted by atomic mass is 32.1. The second kappa shape index (κ2) is 7.64. The molecule has 28 heavy (non-hydrogen) atoms. The summed E-state index contributed by atoms with van der Waals surface area (Å²) in [6.07, 6.45) is 1.76. The first-order valence-electron chi connectivity index (χ1n) is 9.81. The number of rotatable bonds is 4. The normalized spacial score (nSPS) is 20.1. The Balaban J connectivity index is 1.68. The minimum absolute atomic E-state index is 0.0107. The maximum Gasteiger partial charge on any atom is 0.275 e. The lowest BCUT2D eigenvalue weighted by atomic mass is 9.99. The predicted molar refractivity (Wildman–Crippen MR) is 113 cm³/mol. The molecular formula is C21H26N4O2S. The zero-order valence-electron chi connectivity index (χ0n) is 16.8. The maximum atomic E-state index is 12.4. The molecule has 3 aromatic rings. The third kappa shape index (κ3) is 3.56. The number of ether oxygens (including phenoxy) is 1. The van der Waals surface area contributed by atoms with Crippen LogP contribution in [0.15, 0.2) is 29.1 Å². The van der Waals surface area contributed by atoms with E-state index < -0.39 is 0 Å². The van der Waals surface area contributed by atoms with Crippen LogP contribution in [0.2, 0.25) is 0 Å². The molecule has 1 aliphatic rings. The van der Waals surface area contributed by atoms with Crippen LogP contribution in [0.3, 0.4) is 0 Å². The standard InChI is InChI=1S/C21H26N4O2S/c1-5-6-16-10-19(26)25-20(22-16)28-21(23-25)24-11-18(27-12-15(24)4)17-9-13(2)7-8-14(17)3/h7-10,15,18H,5-6,11-12H2,1-4H3. The zero-order chi connectivity index (χ0) is 19.8. The molecule has 0 spiro atoms. The van der Waals surface area contributed by atoms with Gasteiger partial charge in [-0.2, -0.15) is 4.52 Å². The Bertz CT molecular complexity index is 1060. The molecule has 0 N–H and O–H groups in total. The van der Waals surface area contributed by atoms with Gasteiger partial charge in [-0.25, -0.2) is 4.98 Å². The summed E-state index contributed by atoms with van der Waals surface area (Å²) in [4.78, 5) is 20.0. The summed E-state index contributed by atoms with van der Waals surface area (Å²) in [6.45, 7) is 9.77. The van der Waals surface area contributed by atoms with Gasteiger partial charge in [0.2, 0.25) is 10.1 Å². The third-order valence-electron chi connectivity index (χ3n) is 5.25. The fourth-order valence-electron chi connectivity index (χ4n) is 3.66. The molecule has 0 amide bonds. The van der Waals surface area contributed by atoms with Crippen LogP contribution in [0.4, 0.5) is 5.13 Å². The van der Waals surface area contributed by atoms with E-state index in [9.17, 15) is 4.79 Å². The van der Waals surface area contributed by atoms with Gasteiger partial charge in [-0.15, -0.1) is 5.10 Å². The first-order valence-corrected chi connectivity index (χ1v) is 10.6. The number of nitrogens with zero attached hydrogens (tertiary/aromatic N) is 4. The average Bonchev–Trinajstić information content (AvgIpc) is 3.09. The third-order valence-corrected chi connectivity index (χ3v) is 6.20. The molecule has 3 heterocycles. The number of fused-ring (bicyclic) bond motifs is 1. The fraction of sp³-hybridized carbons (Fsp3) is 0.476. The quantitative estimate of drug-likeness (QED) is 0.671. The van der Waals surface area contributed by atoms with Crippen molar-refractivity contribution in [1.82, 2.24) is 14.6 Å². The summed E-state index contributed by atoms with van der Waals surface area (Å²) in [6, 6.07) is 8.26. The van der Waals surface area contributed by atoms with Crippen LogP contribution in [-0.4, -0.2) is 33.8 Å². The molecule has 0 saturated carbocycles. The second-order valence-electron chi connectivity index (χ2n) is 7.60. The van der Waals surface area contributed by atoms with Crippen LogP contribution >= 0.6 is 11.3 Å². The van der Waals surface area contributed by atoms with Gasteiger partial charge in [-0.1, -0.05) is 48.4 Å². The minimum atomic E-state index is -0.108. The molecule has 4 rings (SSSR count). The van der Waals surface area contributed by atoms with Gasteiger partial charge in [0.05, 0.1) is 19.2 Å². The number of benzene rings is 1. The van der Waals surface area contributed by atoms with Crippen molar-refractivity contribution in [1.29, 1.82) is 0 Å². The molecule has 1 saturated heterocycles. The lowest BCUT2D eigenvalue weighted by Crippen LogP contribution is -2.45. The van der Waals surface area contributed by atoms with Crippen LogP contribution in [0.1, 0.15) is 48.8 Å². The molecule has 0 bridgehead atoms. The van der Waals surface area contributed by atoms with Crippen LogP contribution < -0.4 is 10.5 Å². The van der Waals surface area contributed by atoms with Gasteiger partial charge in [0, 0.05) is 11.8 Å². The Morgan fingerprint density at radius 1 is 1.29 bits per heavy atom. The van der Waals surface area contributed by atoms with Crippen molar-refractivity contribution < 1.29 is 4.74 Å². The van der Waals surface area contributed by atoms with E-state index in [0.29, 0.717) is 18.1 Å². The van der Waals surface area contributed by atoms with Gasteiger partial charge in [-0.3, -0.25) is 4.79 Å². The van der Waals surface area contributed by atoms with Crippen molar-refractivity contribution >= 4 is 21.4 Å². The molecule has 1 aromatic carbocycles. The number of aromatic nitrogens is 3. The molecule has 1 aliphatic heterocycles. The van der Waals surface area contributed by atoms with Crippen LogP contribution in [0.25, 0.3) is 4.96 Å². The summed E-state index contributed by atoms with van der Waals surface area (Å²) in [5, 5.41) is 5.41. The summed E-state index contributed by atoms with van der Waals surface area (Å²) in [5.74, 6) is 0. The van der Waals surface area contributed by atoms with Gasteiger partial charge in [-0.05, 0) is 38.3 Å². The monoisotopic (exact) mass is 398 g/mol. The van der Waals surface area contributed by atoms with Gasteiger partial charge in [0.15, 0.2) is 0 Å². The summed E-state index contributed by atoms with van der Waals surface area (Å²) < 4.78 is 7.59. The van der Waals surface area contributed by atoms with E-state index in [0.717, 1.165) is 23.7 Å². The average molecular weight is 399 g/mol. The van der Waals surface area contributed by atoms with E-state index in [2.05, 4.69) is 60.9 Å². The van der Waals surface area contributed by atoms with Gasteiger partial charge >= 0.3 is 0 Å². The Morgan fingerprint density at radius 3 is 2.89 bits per heavy atom. The first kappa shape index (κ1) is 19.1. The Labute approximate surface area is 168 Å². The Kier molecular flexibility index (Phi) is 5.21. The summed E-state index contributed by atoms with van der Waals surface area (Å²) >= 11 is 1.48. The van der Waals surface area contributed by atoms with Crippen molar-refractivity contribution in [2.45, 2.75) is 52.7 Å². The lowest BCUT2D eigenvalue weighted by Gasteiger charge is -2.38. The van der Waals surface area contributed by atoms with Crippen molar-refractivity contribution in [3.05, 3.63) is 57.0 Å². The fourth-order valence-corrected chi connectivity index (χ4v) is 4.70. The number of hydrogen-bond acceptors (Lipinski definition) is 6. The van der Waals surface area contributed by atoms with E-state index in [4.69, 9.17) is 4.74 Å². The SMILES string of the molecule is CCCc1cc(=O)n2nc(N3CC(c4cc(C)ccc4C)OCC3C)sc2n1. The highest BCUT2D eigenvalue weighted by Gasteiger charge is 2.30. The van der Waals surface area contributed by atoms with Crippen LogP contribution in [0, 0.1) is 13.8 Å². The van der Waals surface area contributed by atoms with Crippen molar-refractivity contribution in [2.75, 3.05) is 18.1 Å². The smallest absolute Gasteiger partial charge is 0.275 e. The van der Waals surface area contributed by atoms with Crippen LogP contribution in [-0.2, 0) is 11.2 Å². The maximum absolute atomic E-state index is 12.4. The highest BCUT2D eigenvalue weighted by Crippen LogP contribution is 2.32. The molecule has 1 fully saturated rings. The number of anilines is 1. The van der Waals surface area contributed by atoms with Gasteiger partial charge < -0.3 is 9.64 Å². The summed E-state index contributed by atoms with van der Waals surface area (Å²) in [7, 11) is 0. The number of aryl methyl sites for hydroxylation is 3. The second-order valence-corrected chi connectivity index (χ2v) is 8.53. The molecule has 2 aromatic heterocycles. The van der Waals surface area contributed by atoms with Gasteiger partial charge in [0.25, 0.3) is 5.56 Å². The number of hydrogen-bond donors (Lipinski definition) is 0. The highest BCUT2D eigenvalue weighted by molar-refractivity contribution is 7.20. The molecule has 2 atom stereocenters. The van der Waals surface area contributed by atoms with Gasteiger partial charge in [0.1, 0.15) is 6.10 Å². The Morgan fingerprint density at radius 2 is 2.11 bits per heavy atom. The Hall–Kier alpha value is -2.25. The van der Waals surface area contributed by atoms with E-state index >= 15 is 0 Å². The predicted octanol–water partition coefficient (Wildman–Crippen LogP) is 3.69. The van der Waals surface area contributed by atoms with E-state index in [1.54, 1.807) is 6.07 Å².